The number of nitrogens with one attached hydrogen (secondary N) is 4. The Kier molecular flexibility index (Phi) is 11.0. The van der Waals surface area contributed by atoms with Gasteiger partial charge in [-0.05, 0) is 83.4 Å². The molecule has 0 fully saturated rings. The molecule has 5 rings (SSSR count). The standard InChI is InChI=1S/C38H32N4O4S/c1-26(43)39-31-16-18-32(19-17-31)40-36(44)25-47-34-22-20-33(21-23-34)41-38(46)35(42-37(45)30-10-6-3-7-11-30)24-27-12-14-29(15-13-27)28-8-4-2-5-9-28/h2-24H,25H2,1H3,(H,39,43)(H,40,44)(H,41,46)(H,42,45)/b35-24-. The summed E-state index contributed by atoms with van der Waals surface area (Å²) < 4.78 is 0. The predicted molar refractivity (Wildman–Crippen MR) is 189 cm³/mol. The Balaban J connectivity index is 1.22. The fourth-order valence-electron chi connectivity index (χ4n) is 4.53. The molecule has 4 N–H and O–H groups in total. The predicted octanol–water partition coefficient (Wildman–Crippen LogP) is 7.45. The van der Waals surface area contributed by atoms with Gasteiger partial charge in [0.05, 0.1) is 5.75 Å². The van der Waals surface area contributed by atoms with E-state index in [1.807, 2.05) is 72.8 Å². The Morgan fingerprint density at radius 3 is 1.74 bits per heavy atom. The molecule has 4 amide bonds. The molecule has 9 heteroatoms. The van der Waals surface area contributed by atoms with Gasteiger partial charge in [0, 0.05) is 34.4 Å². The summed E-state index contributed by atoms with van der Waals surface area (Å²) in [5.74, 6) is -1.05. The zero-order valence-corrected chi connectivity index (χ0v) is 26.3. The third kappa shape index (κ3) is 9.78. The number of hydrogen-bond donors (Lipinski definition) is 4. The van der Waals surface area contributed by atoms with Crippen molar-refractivity contribution in [2.45, 2.75) is 11.8 Å². The van der Waals surface area contributed by atoms with E-state index in [1.165, 1.54) is 18.7 Å². The lowest BCUT2D eigenvalue weighted by atomic mass is 10.0. The Morgan fingerprint density at radius 2 is 1.13 bits per heavy atom. The first-order chi connectivity index (χ1) is 22.8. The monoisotopic (exact) mass is 640 g/mol. The molecule has 0 aromatic heterocycles. The van der Waals surface area contributed by atoms with Crippen LogP contribution in [-0.2, 0) is 14.4 Å². The number of carbonyl (C=O) groups is 4. The molecular formula is C38H32N4O4S. The summed E-state index contributed by atoms with van der Waals surface area (Å²) in [5.41, 5.74) is 5.18. The average Bonchev–Trinajstić information content (AvgIpc) is 3.09. The second-order valence-corrected chi connectivity index (χ2v) is 11.5. The van der Waals surface area contributed by atoms with Gasteiger partial charge in [0.2, 0.25) is 11.8 Å². The van der Waals surface area contributed by atoms with Crippen molar-refractivity contribution in [3.05, 3.63) is 150 Å². The quantitative estimate of drug-likeness (QED) is 0.0884. The molecular weight excluding hydrogens is 609 g/mol. The smallest absolute Gasteiger partial charge is 0.272 e. The van der Waals surface area contributed by atoms with Crippen LogP contribution in [0.3, 0.4) is 0 Å². The lowest BCUT2D eigenvalue weighted by Crippen LogP contribution is -2.30. The van der Waals surface area contributed by atoms with E-state index in [2.05, 4.69) is 21.3 Å². The Morgan fingerprint density at radius 1 is 0.596 bits per heavy atom. The molecule has 0 aliphatic heterocycles. The zero-order chi connectivity index (χ0) is 33.0. The van der Waals surface area contributed by atoms with Crippen LogP contribution in [0.1, 0.15) is 22.8 Å². The topological polar surface area (TPSA) is 116 Å². The molecule has 47 heavy (non-hydrogen) atoms. The van der Waals surface area contributed by atoms with Crippen molar-refractivity contribution in [3.8, 4) is 11.1 Å². The maximum Gasteiger partial charge on any atom is 0.272 e. The van der Waals surface area contributed by atoms with E-state index in [9.17, 15) is 19.2 Å². The maximum atomic E-state index is 13.4. The number of benzene rings is 5. The highest BCUT2D eigenvalue weighted by Gasteiger charge is 2.15. The molecule has 0 saturated heterocycles. The van der Waals surface area contributed by atoms with Gasteiger partial charge in [0.1, 0.15) is 5.70 Å². The second kappa shape index (κ2) is 15.9. The summed E-state index contributed by atoms with van der Waals surface area (Å²) in [6.45, 7) is 1.43. The van der Waals surface area contributed by atoms with Gasteiger partial charge in [-0.15, -0.1) is 11.8 Å². The minimum Gasteiger partial charge on any atom is -0.326 e. The van der Waals surface area contributed by atoms with E-state index in [0.29, 0.717) is 22.6 Å². The van der Waals surface area contributed by atoms with Gasteiger partial charge in [0.15, 0.2) is 0 Å². The second-order valence-electron chi connectivity index (χ2n) is 10.4. The summed E-state index contributed by atoms with van der Waals surface area (Å²) in [5, 5.41) is 11.1. The van der Waals surface area contributed by atoms with Crippen molar-refractivity contribution < 1.29 is 19.2 Å². The van der Waals surface area contributed by atoms with Crippen LogP contribution in [0.15, 0.2) is 144 Å². The molecule has 234 valence electrons. The van der Waals surface area contributed by atoms with Crippen molar-refractivity contribution in [2.24, 2.45) is 0 Å². The van der Waals surface area contributed by atoms with E-state index in [4.69, 9.17) is 0 Å². The largest absolute Gasteiger partial charge is 0.326 e. The molecule has 8 nitrogen and oxygen atoms in total. The van der Waals surface area contributed by atoms with Crippen LogP contribution >= 0.6 is 11.8 Å². The van der Waals surface area contributed by atoms with Gasteiger partial charge < -0.3 is 21.3 Å². The molecule has 5 aromatic rings. The molecule has 0 aliphatic rings. The van der Waals surface area contributed by atoms with Gasteiger partial charge in [-0.1, -0.05) is 72.8 Å². The lowest BCUT2D eigenvalue weighted by Gasteiger charge is -2.12. The van der Waals surface area contributed by atoms with Crippen molar-refractivity contribution in [1.29, 1.82) is 0 Å². The van der Waals surface area contributed by atoms with E-state index >= 15 is 0 Å². The number of anilines is 3. The fourth-order valence-corrected chi connectivity index (χ4v) is 5.23. The number of thioether (sulfide) groups is 1. The third-order valence-corrected chi connectivity index (χ3v) is 7.84. The normalized spacial score (nSPS) is 10.9. The van der Waals surface area contributed by atoms with Crippen molar-refractivity contribution in [2.75, 3.05) is 21.7 Å². The van der Waals surface area contributed by atoms with Crippen LogP contribution in [0.4, 0.5) is 17.1 Å². The average molecular weight is 641 g/mol. The number of carbonyl (C=O) groups excluding carboxylic acids is 4. The van der Waals surface area contributed by atoms with E-state index in [-0.39, 0.29) is 23.3 Å². The molecule has 5 aromatic carbocycles. The van der Waals surface area contributed by atoms with E-state index < -0.39 is 11.8 Å². The number of hydrogen-bond acceptors (Lipinski definition) is 5. The van der Waals surface area contributed by atoms with Gasteiger partial charge in [-0.2, -0.15) is 0 Å². The van der Waals surface area contributed by atoms with Gasteiger partial charge >= 0.3 is 0 Å². The zero-order valence-electron chi connectivity index (χ0n) is 25.5. The van der Waals surface area contributed by atoms with Gasteiger partial charge in [-0.25, -0.2) is 0 Å². The Bertz CT molecular complexity index is 1880. The molecule has 0 saturated carbocycles. The molecule has 0 bridgehead atoms. The van der Waals surface area contributed by atoms with Crippen LogP contribution in [0.5, 0.6) is 0 Å². The summed E-state index contributed by atoms with van der Waals surface area (Å²) in [6, 6.07) is 40.4. The summed E-state index contributed by atoms with van der Waals surface area (Å²) in [4.78, 5) is 50.9. The van der Waals surface area contributed by atoms with Crippen LogP contribution in [0.2, 0.25) is 0 Å². The van der Waals surface area contributed by atoms with E-state index in [0.717, 1.165) is 21.6 Å². The molecule has 0 unspecified atom stereocenters. The molecule has 0 atom stereocenters. The minimum absolute atomic E-state index is 0.0894. The van der Waals surface area contributed by atoms with Crippen LogP contribution in [0, 0.1) is 0 Å². The first-order valence-corrected chi connectivity index (χ1v) is 15.8. The van der Waals surface area contributed by atoms with Crippen LogP contribution in [-0.4, -0.2) is 29.4 Å². The van der Waals surface area contributed by atoms with E-state index in [1.54, 1.807) is 66.7 Å². The highest BCUT2D eigenvalue weighted by atomic mass is 32.2. The van der Waals surface area contributed by atoms with Crippen molar-refractivity contribution in [1.82, 2.24) is 5.32 Å². The summed E-state index contributed by atoms with van der Waals surface area (Å²) >= 11 is 1.35. The first kappa shape index (κ1) is 32.5. The highest BCUT2D eigenvalue weighted by Crippen LogP contribution is 2.23. The number of rotatable bonds is 11. The van der Waals surface area contributed by atoms with Gasteiger partial charge in [-0.3, -0.25) is 19.2 Å². The SMILES string of the molecule is CC(=O)Nc1ccc(NC(=O)CSc2ccc(NC(=O)/C(=C/c3ccc(-c4ccccc4)cc3)NC(=O)c3ccccc3)cc2)cc1. The third-order valence-electron chi connectivity index (χ3n) is 6.83. The Labute approximate surface area is 277 Å². The number of amides is 4. The highest BCUT2D eigenvalue weighted by molar-refractivity contribution is 8.00. The fraction of sp³-hybridized carbons (Fsp3) is 0.0526. The first-order valence-electron chi connectivity index (χ1n) is 14.8. The van der Waals surface area contributed by atoms with Crippen molar-refractivity contribution in [3.63, 3.8) is 0 Å². The van der Waals surface area contributed by atoms with Gasteiger partial charge in [0.25, 0.3) is 11.8 Å². The molecule has 0 aliphatic carbocycles. The minimum atomic E-state index is -0.481. The lowest BCUT2D eigenvalue weighted by molar-refractivity contribution is -0.114. The molecule has 0 heterocycles. The molecule has 0 radical (unpaired) electrons. The Hall–Kier alpha value is -5.93. The van der Waals surface area contributed by atoms with Crippen LogP contribution < -0.4 is 21.3 Å². The summed E-state index contributed by atoms with van der Waals surface area (Å²) in [7, 11) is 0. The van der Waals surface area contributed by atoms with Crippen LogP contribution in [0.25, 0.3) is 17.2 Å². The maximum absolute atomic E-state index is 13.4. The molecule has 0 spiro atoms. The van der Waals surface area contributed by atoms with Crippen molar-refractivity contribution >= 4 is 58.5 Å². The summed E-state index contributed by atoms with van der Waals surface area (Å²) in [6.07, 6.45) is 1.64.